The fourth-order valence-corrected chi connectivity index (χ4v) is 3.32. The summed E-state index contributed by atoms with van der Waals surface area (Å²) in [5.74, 6) is -1.50. The van der Waals surface area contributed by atoms with Crippen molar-refractivity contribution < 1.29 is 19.1 Å². The smallest absolute Gasteiger partial charge is 0.347 e. The van der Waals surface area contributed by atoms with Gasteiger partial charge in [-0.3, -0.25) is 14.4 Å². The number of rotatable bonds is 6. The number of halogens is 2. The molecule has 0 bridgehead atoms. The zero-order valence-corrected chi connectivity index (χ0v) is 14.5. The first-order valence-electron chi connectivity index (χ1n) is 6.40. The summed E-state index contributed by atoms with van der Waals surface area (Å²) in [4.78, 5) is 35.5. The Kier molecular flexibility index (Phi) is 11.0. The van der Waals surface area contributed by atoms with Crippen LogP contribution in [0.25, 0.3) is 0 Å². The molecule has 1 rings (SSSR count). The molecule has 1 heterocycles. The second kappa shape index (κ2) is 10.3. The van der Waals surface area contributed by atoms with Crippen LogP contribution in [0.4, 0.5) is 0 Å². The third-order valence-corrected chi connectivity index (χ3v) is 4.49. The number of hydrogen-bond donors (Lipinski definition) is 5. The first kappa shape index (κ1) is 23.7. The van der Waals surface area contributed by atoms with Crippen LogP contribution >= 0.6 is 32.4 Å². The van der Waals surface area contributed by atoms with Crippen LogP contribution in [0.15, 0.2) is 4.99 Å². The Morgan fingerprint density at radius 1 is 1.36 bits per heavy atom. The number of nitrogens with zero attached hydrogens (tertiary/aromatic N) is 2. The topological polar surface area (TPSA) is 168 Å². The van der Waals surface area contributed by atoms with Crippen LogP contribution in [0, 0.1) is 0 Å². The van der Waals surface area contributed by atoms with E-state index in [1.165, 1.54) is 4.90 Å². The van der Waals surface area contributed by atoms with Crippen molar-refractivity contribution in [2.45, 2.75) is 37.5 Å². The molecule has 132 valence electrons. The van der Waals surface area contributed by atoms with Gasteiger partial charge in [-0.25, -0.2) is 0 Å². The van der Waals surface area contributed by atoms with Crippen LogP contribution in [0.3, 0.4) is 0 Å². The molecule has 0 radical (unpaired) electrons. The predicted molar refractivity (Wildman–Crippen MR) is 89.2 cm³/mol. The fourth-order valence-electron chi connectivity index (χ4n) is 2.21. The van der Waals surface area contributed by atoms with Gasteiger partial charge in [-0.05, 0) is 25.7 Å². The van der Waals surface area contributed by atoms with Gasteiger partial charge in [0.25, 0.3) is 0 Å². The van der Waals surface area contributed by atoms with Crippen LogP contribution < -0.4 is 17.2 Å². The highest BCUT2D eigenvalue weighted by molar-refractivity contribution is 7.52. The average molecular weight is 380 g/mol. The minimum absolute atomic E-state index is 0. The van der Waals surface area contributed by atoms with Crippen molar-refractivity contribution in [3.05, 3.63) is 0 Å². The molecule has 2 atom stereocenters. The maximum absolute atomic E-state index is 12.1. The van der Waals surface area contributed by atoms with Gasteiger partial charge in [-0.15, -0.1) is 24.8 Å². The Hall–Kier alpha value is -0.570. The van der Waals surface area contributed by atoms with Crippen molar-refractivity contribution >= 4 is 44.3 Å². The van der Waals surface area contributed by atoms with Crippen LogP contribution in [0.5, 0.6) is 0 Å². The molecule has 0 unspecified atom stereocenters. The quantitative estimate of drug-likeness (QED) is 0.176. The first-order valence-corrected chi connectivity index (χ1v) is 8.08. The summed E-state index contributed by atoms with van der Waals surface area (Å²) in [7, 11) is -4.31. The molecule has 0 aliphatic carbocycles. The first-order chi connectivity index (χ1) is 9.23. The normalized spacial score (nSPS) is 18.9. The molecule has 1 saturated heterocycles. The summed E-state index contributed by atoms with van der Waals surface area (Å²) in [6, 6.07) is -0.795. The van der Waals surface area contributed by atoms with Crippen molar-refractivity contribution in [1.29, 1.82) is 0 Å². The summed E-state index contributed by atoms with van der Waals surface area (Å²) in [5, 5.41) is 0. The molecule has 0 spiro atoms. The number of aliphatic imine (C=N–C) groups is 1. The number of carbonyl (C=O) groups excluding carboxylic acids is 1. The van der Waals surface area contributed by atoms with E-state index >= 15 is 0 Å². The van der Waals surface area contributed by atoms with Gasteiger partial charge in [-0.1, -0.05) is 0 Å². The molecular weight excluding hydrogens is 356 g/mol. The zero-order valence-electron chi connectivity index (χ0n) is 12.0. The van der Waals surface area contributed by atoms with Crippen LogP contribution in [0.2, 0.25) is 0 Å². The molecule has 1 amide bonds. The summed E-state index contributed by atoms with van der Waals surface area (Å²) in [6.07, 6.45) is 1.76. The lowest BCUT2D eigenvalue weighted by Gasteiger charge is -2.27. The molecule has 1 aliphatic heterocycles. The number of guanidine groups is 1. The van der Waals surface area contributed by atoms with Gasteiger partial charge in [0.1, 0.15) is 5.78 Å². The Balaban J connectivity index is 0. The summed E-state index contributed by atoms with van der Waals surface area (Å²) in [5.41, 5.74) is 16.1. The largest absolute Gasteiger partial charge is 0.370 e. The lowest BCUT2D eigenvalue weighted by atomic mass is 10.1. The van der Waals surface area contributed by atoms with Crippen LogP contribution in [-0.4, -0.2) is 51.5 Å². The Morgan fingerprint density at radius 2 is 1.95 bits per heavy atom. The lowest BCUT2D eigenvalue weighted by molar-refractivity contribution is -0.132. The molecule has 22 heavy (non-hydrogen) atoms. The molecule has 0 aromatic heterocycles. The zero-order chi connectivity index (χ0) is 15.3. The third-order valence-electron chi connectivity index (χ3n) is 3.18. The second-order valence-corrected chi connectivity index (χ2v) is 6.57. The number of carbonyl (C=O) groups is 1. The van der Waals surface area contributed by atoms with Crippen molar-refractivity contribution in [2.24, 2.45) is 22.2 Å². The molecule has 1 fully saturated rings. The van der Waals surface area contributed by atoms with Crippen molar-refractivity contribution in [3.8, 4) is 0 Å². The van der Waals surface area contributed by atoms with Crippen molar-refractivity contribution in [1.82, 2.24) is 4.90 Å². The molecule has 0 aromatic rings. The van der Waals surface area contributed by atoms with Crippen LogP contribution in [0.1, 0.15) is 25.7 Å². The van der Waals surface area contributed by atoms with E-state index in [1.54, 1.807) is 0 Å². The van der Waals surface area contributed by atoms with E-state index in [9.17, 15) is 19.1 Å². The van der Waals surface area contributed by atoms with Crippen molar-refractivity contribution in [3.63, 3.8) is 0 Å². The predicted octanol–water partition coefficient (Wildman–Crippen LogP) is -0.663. The molecular formula is C10H24Cl2N5O4P. The molecule has 12 heteroatoms. The van der Waals surface area contributed by atoms with Gasteiger partial charge in [0.15, 0.2) is 5.96 Å². The highest BCUT2D eigenvalue weighted by atomic mass is 35.5. The Labute approximate surface area is 141 Å². The molecule has 9 nitrogen and oxygen atoms in total. The van der Waals surface area contributed by atoms with Gasteiger partial charge in [0.2, 0.25) is 5.91 Å². The minimum atomic E-state index is -4.31. The van der Waals surface area contributed by atoms with Crippen molar-refractivity contribution in [2.75, 3.05) is 13.1 Å². The van der Waals surface area contributed by atoms with E-state index in [0.717, 1.165) is 0 Å². The molecule has 0 saturated carbocycles. The van der Waals surface area contributed by atoms with Gasteiger partial charge in [0.05, 0.1) is 6.04 Å². The highest BCUT2D eigenvalue weighted by Gasteiger charge is 2.41. The fraction of sp³-hybridized carbons (Fsp3) is 0.800. The molecule has 1 aliphatic rings. The number of hydrogen-bond acceptors (Lipinski definition) is 4. The van der Waals surface area contributed by atoms with Gasteiger partial charge in [-0.2, -0.15) is 0 Å². The van der Waals surface area contributed by atoms with Crippen LogP contribution in [-0.2, 0) is 9.36 Å². The van der Waals surface area contributed by atoms with E-state index in [-0.39, 0.29) is 30.8 Å². The standard InChI is InChI=1S/C10H22N5O4P.2ClH/c11-7(3-1-5-14-10(12)13)9(16)15-6-2-4-8(15)20(17,18)19;;/h7-8H,1-6,11H2,(H4,12,13,14)(H2,17,18,19);2*1H/t7-,8-;;/m0../s1. The SMILES string of the molecule is Cl.Cl.NC(N)=NCCC[C@H](N)C(=O)N1CCC[C@@H]1P(=O)(O)O. The maximum atomic E-state index is 12.1. The number of nitrogens with two attached hydrogens (primary N) is 3. The third kappa shape index (κ3) is 7.13. The Bertz CT molecular complexity index is 430. The summed E-state index contributed by atoms with van der Waals surface area (Å²) < 4.78 is 11.3. The van der Waals surface area contributed by atoms with E-state index < -0.39 is 25.3 Å². The highest BCUT2D eigenvalue weighted by Crippen LogP contribution is 2.47. The second-order valence-electron chi connectivity index (χ2n) is 4.80. The Morgan fingerprint density at radius 3 is 2.45 bits per heavy atom. The number of likely N-dealkylation sites (tertiary alicyclic amines) is 1. The monoisotopic (exact) mass is 379 g/mol. The lowest BCUT2D eigenvalue weighted by Crippen LogP contribution is -2.45. The van der Waals surface area contributed by atoms with Gasteiger partial charge >= 0.3 is 7.60 Å². The molecule has 8 N–H and O–H groups in total. The van der Waals surface area contributed by atoms with E-state index in [1.807, 2.05) is 0 Å². The average Bonchev–Trinajstić information content (AvgIpc) is 2.82. The van der Waals surface area contributed by atoms with E-state index in [0.29, 0.717) is 38.8 Å². The minimum Gasteiger partial charge on any atom is -0.370 e. The van der Waals surface area contributed by atoms with E-state index in [4.69, 9.17) is 17.2 Å². The summed E-state index contributed by atoms with van der Waals surface area (Å²) in [6.45, 7) is 0.696. The maximum Gasteiger partial charge on any atom is 0.347 e. The summed E-state index contributed by atoms with van der Waals surface area (Å²) >= 11 is 0. The van der Waals surface area contributed by atoms with Gasteiger partial charge in [0, 0.05) is 13.1 Å². The van der Waals surface area contributed by atoms with Gasteiger partial charge < -0.3 is 31.9 Å². The van der Waals surface area contributed by atoms with E-state index in [2.05, 4.69) is 4.99 Å². The molecule has 0 aromatic carbocycles. The number of amides is 1.